The fourth-order valence-electron chi connectivity index (χ4n) is 5.52. The van der Waals surface area contributed by atoms with Gasteiger partial charge in [-0.3, -0.25) is 0 Å². The molecule has 3 aromatic rings. The summed E-state index contributed by atoms with van der Waals surface area (Å²) in [6, 6.07) is 13.3. The van der Waals surface area contributed by atoms with Crippen molar-refractivity contribution in [3.8, 4) is 11.4 Å². The molecule has 2 amide bonds. The van der Waals surface area contributed by atoms with Gasteiger partial charge in [0.2, 0.25) is 0 Å². The topological polar surface area (TPSA) is 41.0 Å². The van der Waals surface area contributed by atoms with Gasteiger partial charge in [0.25, 0.3) is 0 Å². The first-order valence-corrected chi connectivity index (χ1v) is 12.7. The summed E-state index contributed by atoms with van der Waals surface area (Å²) >= 11 is 0. The smallest absolute Gasteiger partial charge is 0.320 e. The third kappa shape index (κ3) is 4.74. The summed E-state index contributed by atoms with van der Waals surface area (Å²) < 4.78 is 21.2. The molecule has 35 heavy (non-hydrogen) atoms. The third-order valence-corrected chi connectivity index (χ3v) is 7.61. The summed E-state index contributed by atoms with van der Waals surface area (Å²) in [5.41, 5.74) is 3.36. The van der Waals surface area contributed by atoms with Crippen molar-refractivity contribution in [2.45, 2.75) is 38.6 Å². The molecule has 0 unspecified atom stereocenters. The van der Waals surface area contributed by atoms with Crippen molar-refractivity contribution in [3.63, 3.8) is 0 Å². The number of amides is 2. The highest BCUT2D eigenvalue weighted by molar-refractivity contribution is 5.87. The Morgan fingerprint density at radius 2 is 1.74 bits per heavy atom. The van der Waals surface area contributed by atoms with Crippen molar-refractivity contribution >= 4 is 16.9 Å². The number of rotatable bonds is 7. The number of methoxy groups -OCH3 is 1. The summed E-state index contributed by atoms with van der Waals surface area (Å²) in [6.45, 7) is 9.61. The number of likely N-dealkylation sites (tertiary alicyclic amines) is 1. The SMILES string of the molecule is COc1ccc2c(C3CCN(CCN4CCN(C(C)C)C4=O)CC3)cn(-c3ccc(F)cc3)c2c1. The molecule has 5 rings (SSSR count). The van der Waals surface area contributed by atoms with E-state index in [1.165, 1.54) is 23.1 Å². The van der Waals surface area contributed by atoms with Crippen LogP contribution in [0.5, 0.6) is 5.75 Å². The van der Waals surface area contributed by atoms with Crippen LogP contribution in [0.4, 0.5) is 9.18 Å². The zero-order valence-electron chi connectivity index (χ0n) is 20.9. The number of carbonyl (C=O) groups is 1. The van der Waals surface area contributed by atoms with Gasteiger partial charge < -0.3 is 24.0 Å². The first kappa shape index (κ1) is 23.7. The molecule has 2 saturated heterocycles. The molecule has 0 atom stereocenters. The Balaban J connectivity index is 1.28. The van der Waals surface area contributed by atoms with E-state index in [4.69, 9.17) is 4.74 Å². The highest BCUT2D eigenvalue weighted by Crippen LogP contribution is 2.37. The molecule has 6 nitrogen and oxygen atoms in total. The summed E-state index contributed by atoms with van der Waals surface area (Å²) in [5.74, 6) is 1.05. The van der Waals surface area contributed by atoms with Gasteiger partial charge >= 0.3 is 6.03 Å². The number of ether oxygens (including phenoxy) is 1. The average Bonchev–Trinajstić information content (AvgIpc) is 3.43. The lowest BCUT2D eigenvalue weighted by Gasteiger charge is -2.33. The van der Waals surface area contributed by atoms with Crippen molar-refractivity contribution in [2.24, 2.45) is 0 Å². The van der Waals surface area contributed by atoms with Crippen molar-refractivity contribution < 1.29 is 13.9 Å². The number of hydrogen-bond acceptors (Lipinski definition) is 3. The predicted molar refractivity (Wildman–Crippen MR) is 137 cm³/mol. The summed E-state index contributed by atoms with van der Waals surface area (Å²) in [4.78, 5) is 19.0. The number of halogens is 1. The van der Waals surface area contributed by atoms with Crippen molar-refractivity contribution in [1.82, 2.24) is 19.3 Å². The first-order valence-electron chi connectivity index (χ1n) is 12.7. The molecule has 0 aliphatic carbocycles. The summed E-state index contributed by atoms with van der Waals surface area (Å²) in [6.07, 6.45) is 4.39. The second-order valence-electron chi connectivity index (χ2n) is 9.99. The van der Waals surface area contributed by atoms with Gasteiger partial charge in [0.05, 0.1) is 12.6 Å². The maximum Gasteiger partial charge on any atom is 0.320 e. The normalized spacial score (nSPS) is 17.8. The molecule has 2 aliphatic rings. The predicted octanol–water partition coefficient (Wildman–Crippen LogP) is 5.10. The van der Waals surface area contributed by atoms with Crippen LogP contribution in [0.25, 0.3) is 16.6 Å². The molecular formula is C28H35FN4O2. The standard InChI is InChI=1S/C28H35FN4O2/c1-20(2)32-17-16-31(28(32)34)15-14-30-12-10-21(11-13-30)26-19-33(23-6-4-22(29)5-7-23)27-18-24(35-3)8-9-25(26)27/h4-9,18-21H,10-17H2,1-3H3. The van der Waals surface area contributed by atoms with Gasteiger partial charge in [-0.15, -0.1) is 0 Å². The minimum atomic E-state index is -0.233. The highest BCUT2D eigenvalue weighted by atomic mass is 19.1. The maximum atomic E-state index is 13.5. The molecule has 0 spiro atoms. The van der Waals surface area contributed by atoms with E-state index in [-0.39, 0.29) is 17.9 Å². The molecule has 0 saturated carbocycles. The van der Waals surface area contributed by atoms with Gasteiger partial charge in [-0.05, 0) is 87.7 Å². The fourth-order valence-corrected chi connectivity index (χ4v) is 5.52. The van der Waals surface area contributed by atoms with Crippen LogP contribution in [-0.2, 0) is 0 Å². The molecule has 1 aromatic heterocycles. The molecule has 2 fully saturated rings. The third-order valence-electron chi connectivity index (χ3n) is 7.61. The zero-order chi connectivity index (χ0) is 24.5. The summed E-state index contributed by atoms with van der Waals surface area (Å²) in [7, 11) is 1.68. The number of benzene rings is 2. The molecule has 0 N–H and O–H groups in total. The van der Waals surface area contributed by atoms with Gasteiger partial charge in [-0.1, -0.05) is 0 Å². The zero-order valence-corrected chi connectivity index (χ0v) is 20.9. The Bertz CT molecular complexity index is 1180. The van der Waals surface area contributed by atoms with Crippen LogP contribution in [-0.4, -0.2) is 77.7 Å². The lowest BCUT2D eigenvalue weighted by Crippen LogP contribution is -2.41. The number of aromatic nitrogens is 1. The lowest BCUT2D eigenvalue weighted by molar-refractivity contribution is 0.166. The van der Waals surface area contributed by atoms with E-state index in [0.29, 0.717) is 5.92 Å². The second-order valence-corrected chi connectivity index (χ2v) is 9.99. The van der Waals surface area contributed by atoms with Crippen LogP contribution in [0.2, 0.25) is 0 Å². The van der Waals surface area contributed by atoms with Gasteiger partial charge in [-0.25, -0.2) is 9.18 Å². The molecule has 2 aromatic carbocycles. The molecule has 2 aliphatic heterocycles. The Morgan fingerprint density at radius 1 is 1.00 bits per heavy atom. The molecule has 3 heterocycles. The fraction of sp³-hybridized carbons (Fsp3) is 0.464. The monoisotopic (exact) mass is 478 g/mol. The van der Waals surface area contributed by atoms with Gasteiger partial charge in [0.15, 0.2) is 0 Å². The number of hydrogen-bond donors (Lipinski definition) is 0. The maximum absolute atomic E-state index is 13.5. The van der Waals surface area contributed by atoms with Crippen LogP contribution >= 0.6 is 0 Å². The van der Waals surface area contributed by atoms with Gasteiger partial charge in [0.1, 0.15) is 11.6 Å². The van der Waals surface area contributed by atoms with Crippen molar-refractivity contribution in [1.29, 1.82) is 0 Å². The largest absolute Gasteiger partial charge is 0.497 e. The second kappa shape index (κ2) is 9.90. The van der Waals surface area contributed by atoms with Crippen LogP contribution in [0.3, 0.4) is 0 Å². The van der Waals surface area contributed by atoms with Crippen LogP contribution in [0.1, 0.15) is 38.2 Å². The van der Waals surface area contributed by atoms with E-state index in [0.717, 1.165) is 69.1 Å². The van der Waals surface area contributed by atoms with E-state index in [1.807, 2.05) is 28.0 Å². The first-order chi connectivity index (χ1) is 16.9. The van der Waals surface area contributed by atoms with E-state index < -0.39 is 0 Å². The van der Waals surface area contributed by atoms with Crippen molar-refractivity contribution in [2.75, 3.05) is 46.4 Å². The van der Waals surface area contributed by atoms with Crippen LogP contribution in [0.15, 0.2) is 48.7 Å². The molecular weight excluding hydrogens is 443 g/mol. The van der Waals surface area contributed by atoms with E-state index in [2.05, 4.69) is 41.6 Å². The van der Waals surface area contributed by atoms with E-state index in [1.54, 1.807) is 7.11 Å². The van der Waals surface area contributed by atoms with Gasteiger partial charge in [-0.2, -0.15) is 0 Å². The van der Waals surface area contributed by atoms with Crippen molar-refractivity contribution in [3.05, 3.63) is 60.0 Å². The van der Waals surface area contributed by atoms with Crippen LogP contribution < -0.4 is 4.74 Å². The number of piperidine rings is 1. The van der Waals surface area contributed by atoms with Crippen LogP contribution in [0, 0.1) is 5.82 Å². The van der Waals surface area contributed by atoms with Gasteiger partial charge in [0, 0.05) is 55.6 Å². The lowest BCUT2D eigenvalue weighted by atomic mass is 9.89. The molecule has 0 radical (unpaired) electrons. The summed E-state index contributed by atoms with van der Waals surface area (Å²) in [5, 5.41) is 1.23. The number of nitrogens with zero attached hydrogens (tertiary/aromatic N) is 4. The molecule has 186 valence electrons. The van der Waals surface area contributed by atoms with E-state index >= 15 is 0 Å². The number of fused-ring (bicyclic) bond motifs is 1. The highest BCUT2D eigenvalue weighted by Gasteiger charge is 2.31. The number of carbonyl (C=O) groups excluding carboxylic acids is 1. The Labute approximate surface area is 206 Å². The minimum Gasteiger partial charge on any atom is -0.497 e. The van der Waals surface area contributed by atoms with E-state index in [9.17, 15) is 9.18 Å². The average molecular weight is 479 g/mol. The molecule has 7 heteroatoms. The quantitative estimate of drug-likeness (QED) is 0.474. The Morgan fingerprint density at radius 3 is 2.40 bits per heavy atom. The number of urea groups is 1. The minimum absolute atomic E-state index is 0.180. The Kier molecular flexibility index (Phi) is 6.69. The molecule has 0 bridgehead atoms. The Hall–Kier alpha value is -3.06.